The normalized spacial score (nSPS) is 16.6. The molecule has 1 unspecified atom stereocenters. The van der Waals surface area contributed by atoms with Crippen LogP contribution in [0.4, 0.5) is 5.69 Å². The van der Waals surface area contributed by atoms with Crippen molar-refractivity contribution in [2.24, 2.45) is 0 Å². The van der Waals surface area contributed by atoms with E-state index in [1.807, 2.05) is 18.2 Å². The molecule has 1 N–H and O–H groups in total. The van der Waals surface area contributed by atoms with E-state index in [-0.39, 0.29) is 11.8 Å². The standard InChI is InChI=1S/C18H19NO/c1-12-7-13(2)9-14(8-12)10-18(20)17-11-15-5-3-4-6-16(15)19-17/h3-9,17,19H,10-11H2,1-2H3. The van der Waals surface area contributed by atoms with E-state index in [9.17, 15) is 4.79 Å². The van der Waals surface area contributed by atoms with Gasteiger partial charge in [0.2, 0.25) is 0 Å². The number of hydrogen-bond donors (Lipinski definition) is 1. The SMILES string of the molecule is Cc1cc(C)cc(CC(=O)C2Cc3ccccc3N2)c1. The van der Waals surface area contributed by atoms with Crippen molar-refractivity contribution in [3.05, 3.63) is 64.7 Å². The van der Waals surface area contributed by atoms with Crippen molar-refractivity contribution in [3.63, 3.8) is 0 Å². The second-order valence-corrected chi connectivity index (χ2v) is 5.70. The van der Waals surface area contributed by atoms with Crippen molar-refractivity contribution in [1.82, 2.24) is 0 Å². The van der Waals surface area contributed by atoms with Crippen LogP contribution in [-0.2, 0) is 17.6 Å². The molecule has 20 heavy (non-hydrogen) atoms. The third kappa shape index (κ3) is 2.60. The van der Waals surface area contributed by atoms with Crippen molar-refractivity contribution in [1.29, 1.82) is 0 Å². The number of Topliss-reactive ketones (excluding diaryl/α,β-unsaturated/α-hetero) is 1. The average Bonchev–Trinajstić information content (AvgIpc) is 2.81. The van der Waals surface area contributed by atoms with Crippen molar-refractivity contribution in [2.45, 2.75) is 32.7 Å². The van der Waals surface area contributed by atoms with Crippen molar-refractivity contribution >= 4 is 11.5 Å². The van der Waals surface area contributed by atoms with Crippen LogP contribution in [0.3, 0.4) is 0 Å². The zero-order chi connectivity index (χ0) is 14.1. The van der Waals surface area contributed by atoms with Crippen molar-refractivity contribution in [2.75, 3.05) is 5.32 Å². The smallest absolute Gasteiger partial charge is 0.159 e. The van der Waals surface area contributed by atoms with E-state index >= 15 is 0 Å². The van der Waals surface area contributed by atoms with E-state index in [1.165, 1.54) is 16.7 Å². The van der Waals surface area contributed by atoms with Crippen LogP contribution < -0.4 is 5.32 Å². The predicted octanol–water partition coefficient (Wildman–Crippen LogP) is 3.45. The lowest BCUT2D eigenvalue weighted by Crippen LogP contribution is -2.28. The highest BCUT2D eigenvalue weighted by Crippen LogP contribution is 2.26. The van der Waals surface area contributed by atoms with Gasteiger partial charge in [0.05, 0.1) is 6.04 Å². The molecule has 1 heterocycles. The quantitative estimate of drug-likeness (QED) is 0.921. The Morgan fingerprint density at radius 3 is 2.55 bits per heavy atom. The Morgan fingerprint density at radius 2 is 1.85 bits per heavy atom. The number of carbonyl (C=O) groups is 1. The molecule has 1 aliphatic rings. The first-order valence-corrected chi connectivity index (χ1v) is 7.06. The van der Waals surface area contributed by atoms with Crippen molar-refractivity contribution in [3.8, 4) is 0 Å². The summed E-state index contributed by atoms with van der Waals surface area (Å²) in [5.74, 6) is 0.270. The number of rotatable bonds is 3. The van der Waals surface area contributed by atoms with E-state index in [0.29, 0.717) is 6.42 Å². The van der Waals surface area contributed by atoms with Gasteiger partial charge in [-0.1, -0.05) is 47.5 Å². The molecule has 0 radical (unpaired) electrons. The van der Waals surface area contributed by atoms with Crippen LogP contribution in [0.2, 0.25) is 0 Å². The fourth-order valence-corrected chi connectivity index (χ4v) is 2.99. The molecule has 2 aromatic rings. The lowest BCUT2D eigenvalue weighted by molar-refractivity contribution is -0.119. The van der Waals surface area contributed by atoms with Crippen LogP contribution >= 0.6 is 0 Å². The van der Waals surface area contributed by atoms with Crippen LogP contribution in [0.25, 0.3) is 0 Å². The maximum absolute atomic E-state index is 12.4. The Balaban J connectivity index is 1.72. The molecule has 0 aromatic heterocycles. The molecule has 0 fully saturated rings. The molecule has 2 heteroatoms. The number of benzene rings is 2. The summed E-state index contributed by atoms with van der Waals surface area (Å²) in [5, 5.41) is 3.33. The first-order chi connectivity index (χ1) is 9.61. The van der Waals surface area contributed by atoms with Crippen LogP contribution in [0.1, 0.15) is 22.3 Å². The summed E-state index contributed by atoms with van der Waals surface area (Å²) in [5.41, 5.74) is 5.90. The summed E-state index contributed by atoms with van der Waals surface area (Å²) < 4.78 is 0. The zero-order valence-electron chi connectivity index (χ0n) is 11.9. The fraction of sp³-hybridized carbons (Fsp3) is 0.278. The number of para-hydroxylation sites is 1. The maximum Gasteiger partial charge on any atom is 0.159 e. The Kier molecular flexibility index (Phi) is 3.31. The molecule has 2 nitrogen and oxygen atoms in total. The fourth-order valence-electron chi connectivity index (χ4n) is 2.99. The molecule has 0 spiro atoms. The average molecular weight is 265 g/mol. The van der Waals surface area contributed by atoms with Crippen LogP contribution in [0.5, 0.6) is 0 Å². The summed E-state index contributed by atoms with van der Waals surface area (Å²) in [6, 6.07) is 14.4. The molecule has 0 bridgehead atoms. The zero-order valence-corrected chi connectivity index (χ0v) is 11.9. The van der Waals surface area contributed by atoms with Gasteiger partial charge in [-0.15, -0.1) is 0 Å². The van der Waals surface area contributed by atoms with E-state index < -0.39 is 0 Å². The van der Waals surface area contributed by atoms with Crippen LogP contribution in [-0.4, -0.2) is 11.8 Å². The van der Waals surface area contributed by atoms with Gasteiger partial charge in [0.25, 0.3) is 0 Å². The number of hydrogen-bond acceptors (Lipinski definition) is 2. The van der Waals surface area contributed by atoms with E-state index in [1.54, 1.807) is 0 Å². The van der Waals surface area contributed by atoms with Gasteiger partial charge < -0.3 is 5.32 Å². The van der Waals surface area contributed by atoms with Gasteiger partial charge in [0.1, 0.15) is 0 Å². The molecule has 0 amide bonds. The number of anilines is 1. The van der Waals surface area contributed by atoms with Gasteiger partial charge in [-0.25, -0.2) is 0 Å². The second kappa shape index (κ2) is 5.12. The minimum absolute atomic E-state index is 0.0757. The minimum Gasteiger partial charge on any atom is -0.375 e. The molecular weight excluding hydrogens is 246 g/mol. The third-order valence-electron chi connectivity index (χ3n) is 3.82. The highest BCUT2D eigenvalue weighted by atomic mass is 16.1. The summed E-state index contributed by atoms with van der Waals surface area (Å²) in [6.07, 6.45) is 1.31. The van der Waals surface area contributed by atoms with Crippen LogP contribution in [0.15, 0.2) is 42.5 Å². The largest absolute Gasteiger partial charge is 0.375 e. The third-order valence-corrected chi connectivity index (χ3v) is 3.82. The highest BCUT2D eigenvalue weighted by molar-refractivity contribution is 5.90. The topological polar surface area (TPSA) is 29.1 Å². The highest BCUT2D eigenvalue weighted by Gasteiger charge is 2.25. The molecule has 3 rings (SSSR count). The van der Waals surface area contributed by atoms with Gasteiger partial charge >= 0.3 is 0 Å². The van der Waals surface area contributed by atoms with Gasteiger partial charge in [0, 0.05) is 18.5 Å². The Morgan fingerprint density at radius 1 is 1.15 bits per heavy atom. The number of ketones is 1. The number of carbonyl (C=O) groups excluding carboxylic acids is 1. The van der Waals surface area contributed by atoms with Gasteiger partial charge in [-0.05, 0) is 31.0 Å². The minimum atomic E-state index is -0.0757. The molecule has 1 atom stereocenters. The van der Waals surface area contributed by atoms with E-state index in [2.05, 4.69) is 43.4 Å². The summed E-state index contributed by atoms with van der Waals surface area (Å²) in [4.78, 5) is 12.4. The number of fused-ring (bicyclic) bond motifs is 1. The Hall–Kier alpha value is -2.09. The predicted molar refractivity (Wildman–Crippen MR) is 82.2 cm³/mol. The molecule has 0 saturated heterocycles. The summed E-state index contributed by atoms with van der Waals surface area (Å²) >= 11 is 0. The van der Waals surface area contributed by atoms with E-state index in [0.717, 1.165) is 17.7 Å². The van der Waals surface area contributed by atoms with Gasteiger partial charge in [0.15, 0.2) is 5.78 Å². The maximum atomic E-state index is 12.4. The van der Waals surface area contributed by atoms with Gasteiger partial charge in [-0.2, -0.15) is 0 Å². The first kappa shape index (κ1) is 12.9. The van der Waals surface area contributed by atoms with Crippen LogP contribution in [0, 0.1) is 13.8 Å². The lowest BCUT2D eigenvalue weighted by Gasteiger charge is -2.11. The Labute approximate surface area is 119 Å². The number of aryl methyl sites for hydroxylation is 2. The summed E-state index contributed by atoms with van der Waals surface area (Å²) in [7, 11) is 0. The monoisotopic (exact) mass is 265 g/mol. The Bertz CT molecular complexity index is 615. The summed E-state index contributed by atoms with van der Waals surface area (Å²) in [6.45, 7) is 4.15. The molecule has 102 valence electrons. The first-order valence-electron chi connectivity index (χ1n) is 7.06. The van der Waals surface area contributed by atoms with E-state index in [4.69, 9.17) is 0 Å². The van der Waals surface area contributed by atoms with Gasteiger partial charge in [-0.3, -0.25) is 4.79 Å². The molecule has 0 saturated carbocycles. The second-order valence-electron chi connectivity index (χ2n) is 5.70. The molecule has 2 aromatic carbocycles. The molecular formula is C18H19NO. The molecule has 0 aliphatic carbocycles. The van der Waals surface area contributed by atoms with Crippen molar-refractivity contribution < 1.29 is 4.79 Å². The molecule has 1 aliphatic heterocycles. The lowest BCUT2D eigenvalue weighted by atomic mass is 9.98. The number of nitrogens with one attached hydrogen (secondary N) is 1.